The lowest BCUT2D eigenvalue weighted by Crippen LogP contribution is -2.15. The topological polar surface area (TPSA) is 35.2 Å². The summed E-state index contributed by atoms with van der Waals surface area (Å²) in [5, 5.41) is 0. The first-order chi connectivity index (χ1) is 10.1. The fourth-order valence-corrected chi connectivity index (χ4v) is 2.04. The maximum atomic E-state index is 13.0. The van der Waals surface area contributed by atoms with Crippen molar-refractivity contribution in [3.8, 4) is 5.75 Å². The van der Waals surface area contributed by atoms with Gasteiger partial charge in [0.05, 0.1) is 6.61 Å². The molecule has 0 aliphatic rings. The quantitative estimate of drug-likeness (QED) is 0.883. The van der Waals surface area contributed by atoms with Crippen molar-refractivity contribution in [1.82, 2.24) is 0 Å². The van der Waals surface area contributed by atoms with Crippen LogP contribution in [-0.4, -0.2) is 13.2 Å². The Morgan fingerprint density at radius 1 is 0.952 bits per heavy atom. The molecule has 5 heteroatoms. The monoisotopic (exact) mass is 295 g/mol. The number of halogens is 3. The zero-order chi connectivity index (χ0) is 15.2. The average molecular weight is 295 g/mol. The maximum absolute atomic E-state index is 13.0. The summed E-state index contributed by atoms with van der Waals surface area (Å²) in [5.41, 5.74) is 6.63. The van der Waals surface area contributed by atoms with Crippen LogP contribution in [0, 0.1) is 17.5 Å². The lowest BCUT2D eigenvalue weighted by Gasteiger charge is -2.15. The minimum atomic E-state index is -0.943. The average Bonchev–Trinajstić information content (AvgIpc) is 2.48. The van der Waals surface area contributed by atoms with Gasteiger partial charge in [0.1, 0.15) is 11.6 Å². The van der Waals surface area contributed by atoms with Gasteiger partial charge < -0.3 is 10.5 Å². The zero-order valence-electron chi connectivity index (χ0n) is 11.4. The third-order valence-corrected chi connectivity index (χ3v) is 3.25. The van der Waals surface area contributed by atoms with E-state index in [-0.39, 0.29) is 17.5 Å². The fraction of sp³-hybridized carbons (Fsp3) is 0.250. The summed E-state index contributed by atoms with van der Waals surface area (Å²) in [5.74, 6) is -1.86. The van der Waals surface area contributed by atoms with Crippen molar-refractivity contribution in [2.75, 3.05) is 13.2 Å². The van der Waals surface area contributed by atoms with Gasteiger partial charge in [0, 0.05) is 6.07 Å². The second kappa shape index (κ2) is 7.13. The van der Waals surface area contributed by atoms with E-state index in [4.69, 9.17) is 10.5 Å². The van der Waals surface area contributed by atoms with Crippen molar-refractivity contribution in [1.29, 1.82) is 0 Å². The minimum Gasteiger partial charge on any atom is -0.493 e. The van der Waals surface area contributed by atoms with Gasteiger partial charge in [-0.15, -0.1) is 0 Å². The number of nitrogens with two attached hydrogens (primary N) is 1. The third-order valence-electron chi connectivity index (χ3n) is 3.25. The largest absolute Gasteiger partial charge is 0.493 e. The van der Waals surface area contributed by atoms with E-state index in [9.17, 15) is 13.2 Å². The molecule has 2 nitrogen and oxygen atoms in total. The summed E-state index contributed by atoms with van der Waals surface area (Å²) in [7, 11) is 0. The molecule has 0 saturated carbocycles. The van der Waals surface area contributed by atoms with E-state index in [2.05, 4.69) is 0 Å². The van der Waals surface area contributed by atoms with Crippen LogP contribution in [-0.2, 0) is 0 Å². The van der Waals surface area contributed by atoms with E-state index in [1.807, 2.05) is 0 Å². The highest BCUT2D eigenvalue weighted by atomic mass is 19.2. The van der Waals surface area contributed by atoms with Crippen molar-refractivity contribution in [2.45, 2.75) is 12.3 Å². The molecule has 0 spiro atoms. The predicted molar refractivity (Wildman–Crippen MR) is 74.7 cm³/mol. The van der Waals surface area contributed by atoms with Crippen LogP contribution < -0.4 is 10.5 Å². The van der Waals surface area contributed by atoms with Gasteiger partial charge in [-0.25, -0.2) is 13.2 Å². The third kappa shape index (κ3) is 4.23. The molecule has 0 amide bonds. The smallest absolute Gasteiger partial charge is 0.162 e. The van der Waals surface area contributed by atoms with Gasteiger partial charge in [-0.1, -0.05) is 12.1 Å². The summed E-state index contributed by atoms with van der Waals surface area (Å²) in [4.78, 5) is 0. The van der Waals surface area contributed by atoms with Crippen molar-refractivity contribution in [3.05, 3.63) is 65.5 Å². The molecule has 0 aliphatic heterocycles. The van der Waals surface area contributed by atoms with E-state index >= 15 is 0 Å². The Labute approximate surface area is 121 Å². The van der Waals surface area contributed by atoms with Crippen molar-refractivity contribution in [2.24, 2.45) is 5.73 Å². The molecule has 21 heavy (non-hydrogen) atoms. The summed E-state index contributed by atoms with van der Waals surface area (Å²) >= 11 is 0. The standard InChI is InChI=1S/C16H16F3NO/c17-13-3-1-11(2-4-13)12(10-20)7-8-21-14-5-6-15(18)16(19)9-14/h1-6,9,12H,7-8,10,20H2. The molecular formula is C16H16F3NO. The summed E-state index contributed by atoms with van der Waals surface area (Å²) in [6, 6.07) is 9.53. The van der Waals surface area contributed by atoms with E-state index in [1.165, 1.54) is 18.2 Å². The molecule has 2 aromatic carbocycles. The second-order valence-electron chi connectivity index (χ2n) is 4.70. The number of hydrogen-bond donors (Lipinski definition) is 1. The normalized spacial score (nSPS) is 12.2. The Balaban J connectivity index is 1.91. The lowest BCUT2D eigenvalue weighted by atomic mass is 9.96. The number of hydrogen-bond acceptors (Lipinski definition) is 2. The SMILES string of the molecule is NCC(CCOc1ccc(F)c(F)c1)c1ccc(F)cc1. The Morgan fingerprint density at radius 3 is 2.29 bits per heavy atom. The van der Waals surface area contributed by atoms with E-state index < -0.39 is 11.6 Å². The van der Waals surface area contributed by atoms with Crippen LogP contribution in [0.1, 0.15) is 17.9 Å². The van der Waals surface area contributed by atoms with Crippen molar-refractivity contribution in [3.63, 3.8) is 0 Å². The lowest BCUT2D eigenvalue weighted by molar-refractivity contribution is 0.296. The Bertz CT molecular complexity index is 587. The highest BCUT2D eigenvalue weighted by molar-refractivity contribution is 5.24. The highest BCUT2D eigenvalue weighted by Gasteiger charge is 2.10. The Morgan fingerprint density at radius 2 is 1.67 bits per heavy atom. The van der Waals surface area contributed by atoms with Crippen LogP contribution in [0.4, 0.5) is 13.2 Å². The molecule has 2 N–H and O–H groups in total. The van der Waals surface area contributed by atoms with Gasteiger partial charge >= 0.3 is 0 Å². The Kier molecular flexibility index (Phi) is 5.22. The number of benzene rings is 2. The van der Waals surface area contributed by atoms with E-state index in [0.29, 0.717) is 19.6 Å². The molecule has 1 unspecified atom stereocenters. The molecule has 0 bridgehead atoms. The summed E-state index contributed by atoms with van der Waals surface area (Å²) in [6.45, 7) is 0.705. The molecule has 2 rings (SSSR count). The van der Waals surface area contributed by atoms with Gasteiger partial charge in [0.2, 0.25) is 0 Å². The molecule has 0 aromatic heterocycles. The van der Waals surface area contributed by atoms with Crippen LogP contribution >= 0.6 is 0 Å². The van der Waals surface area contributed by atoms with Gasteiger partial charge in [-0.3, -0.25) is 0 Å². The molecule has 0 radical (unpaired) electrons. The minimum absolute atomic E-state index is 0.0240. The van der Waals surface area contributed by atoms with Crippen LogP contribution in [0.15, 0.2) is 42.5 Å². The van der Waals surface area contributed by atoms with Crippen LogP contribution in [0.2, 0.25) is 0 Å². The van der Waals surface area contributed by atoms with E-state index in [0.717, 1.165) is 17.7 Å². The number of rotatable bonds is 6. The van der Waals surface area contributed by atoms with Crippen LogP contribution in [0.5, 0.6) is 5.75 Å². The molecule has 112 valence electrons. The zero-order valence-corrected chi connectivity index (χ0v) is 11.4. The molecule has 0 aliphatic carbocycles. The molecule has 0 saturated heterocycles. The van der Waals surface area contributed by atoms with Gasteiger partial charge in [-0.2, -0.15) is 0 Å². The summed E-state index contributed by atoms with van der Waals surface area (Å²) in [6.07, 6.45) is 0.598. The first-order valence-electron chi connectivity index (χ1n) is 6.63. The van der Waals surface area contributed by atoms with Crippen molar-refractivity contribution < 1.29 is 17.9 Å². The van der Waals surface area contributed by atoms with Gasteiger partial charge in [-0.05, 0) is 48.7 Å². The van der Waals surface area contributed by atoms with Gasteiger partial charge in [0.25, 0.3) is 0 Å². The second-order valence-corrected chi connectivity index (χ2v) is 4.70. The molecule has 0 heterocycles. The van der Waals surface area contributed by atoms with Crippen LogP contribution in [0.3, 0.4) is 0 Å². The molecule has 1 atom stereocenters. The van der Waals surface area contributed by atoms with Crippen LogP contribution in [0.25, 0.3) is 0 Å². The summed E-state index contributed by atoms with van der Waals surface area (Å²) < 4.78 is 44.1. The molecular weight excluding hydrogens is 279 g/mol. The first kappa shape index (κ1) is 15.4. The first-order valence-corrected chi connectivity index (χ1v) is 6.63. The van der Waals surface area contributed by atoms with E-state index in [1.54, 1.807) is 12.1 Å². The molecule has 2 aromatic rings. The maximum Gasteiger partial charge on any atom is 0.162 e. The Hall–Kier alpha value is -2.01. The number of ether oxygens (including phenoxy) is 1. The highest BCUT2D eigenvalue weighted by Crippen LogP contribution is 2.20. The van der Waals surface area contributed by atoms with Crippen molar-refractivity contribution >= 4 is 0 Å². The predicted octanol–water partition coefficient (Wildman–Crippen LogP) is 3.62. The van der Waals surface area contributed by atoms with Gasteiger partial charge in [0.15, 0.2) is 11.6 Å². The fourth-order valence-electron chi connectivity index (χ4n) is 2.04. The molecule has 0 fully saturated rings.